The molecule has 2 aromatic rings. The summed E-state index contributed by atoms with van der Waals surface area (Å²) in [4.78, 5) is 1.31. The first kappa shape index (κ1) is 15.1. The monoisotopic (exact) mass is 285 g/mol. The van der Waals surface area contributed by atoms with Crippen LogP contribution in [-0.2, 0) is 6.42 Å². The zero-order valence-electron chi connectivity index (χ0n) is 12.5. The van der Waals surface area contributed by atoms with Gasteiger partial charge in [-0.1, -0.05) is 50.2 Å². The van der Waals surface area contributed by atoms with Gasteiger partial charge in [-0.3, -0.25) is 0 Å². The summed E-state index contributed by atoms with van der Waals surface area (Å²) in [5.74, 6) is 0. The highest BCUT2D eigenvalue weighted by Gasteiger charge is 2.13. The van der Waals surface area contributed by atoms with Crippen molar-refractivity contribution in [1.82, 2.24) is 5.32 Å². The van der Waals surface area contributed by atoms with Gasteiger partial charge in [0.2, 0.25) is 0 Å². The fraction of sp³-hybridized carbons (Fsp3) is 0.333. The Labute approximate surface area is 126 Å². The summed E-state index contributed by atoms with van der Waals surface area (Å²) in [5, 5.41) is 3.60. The van der Waals surface area contributed by atoms with Crippen LogP contribution < -0.4 is 5.32 Å². The zero-order valence-corrected chi connectivity index (χ0v) is 13.3. The first-order valence-electron chi connectivity index (χ1n) is 7.24. The fourth-order valence-corrected chi connectivity index (χ4v) is 2.83. The fourth-order valence-electron chi connectivity index (χ4n) is 2.42. The second-order valence-corrected chi connectivity index (χ2v) is 5.74. The van der Waals surface area contributed by atoms with E-state index in [0.717, 1.165) is 13.0 Å². The van der Waals surface area contributed by atoms with Crippen LogP contribution in [0.4, 0.5) is 0 Å². The maximum atomic E-state index is 3.60. The number of hydrogen-bond donors (Lipinski definition) is 1. The van der Waals surface area contributed by atoms with Gasteiger partial charge in [-0.2, -0.15) is 0 Å². The standard InChI is InChI=1S/C18H23NS/c1-4-14-7-6-8-16(13-14)18(19-5-2)15-9-11-17(20-3)12-10-15/h6-13,18-19H,4-5H2,1-3H3. The van der Waals surface area contributed by atoms with Gasteiger partial charge >= 0.3 is 0 Å². The summed E-state index contributed by atoms with van der Waals surface area (Å²) in [6.07, 6.45) is 3.19. The average molecular weight is 285 g/mol. The summed E-state index contributed by atoms with van der Waals surface area (Å²) in [6.45, 7) is 5.33. The largest absolute Gasteiger partial charge is 0.307 e. The smallest absolute Gasteiger partial charge is 0.0576 e. The molecule has 106 valence electrons. The molecule has 2 aromatic carbocycles. The van der Waals surface area contributed by atoms with Crippen LogP contribution in [0.3, 0.4) is 0 Å². The molecule has 0 aliphatic rings. The Hall–Kier alpha value is -1.25. The Morgan fingerprint density at radius 2 is 1.75 bits per heavy atom. The number of benzene rings is 2. The molecule has 0 aromatic heterocycles. The molecule has 20 heavy (non-hydrogen) atoms. The van der Waals surface area contributed by atoms with Crippen LogP contribution in [0.15, 0.2) is 53.4 Å². The Morgan fingerprint density at radius 1 is 1.00 bits per heavy atom. The third-order valence-electron chi connectivity index (χ3n) is 3.55. The molecule has 0 saturated carbocycles. The zero-order chi connectivity index (χ0) is 14.4. The van der Waals surface area contributed by atoms with Gasteiger partial charge in [0.25, 0.3) is 0 Å². The molecule has 0 aliphatic heterocycles. The first-order chi connectivity index (χ1) is 9.78. The summed E-state index contributed by atoms with van der Waals surface area (Å²) < 4.78 is 0. The Kier molecular flexibility index (Phi) is 5.69. The molecule has 0 fully saturated rings. The van der Waals surface area contributed by atoms with E-state index in [-0.39, 0.29) is 6.04 Å². The van der Waals surface area contributed by atoms with Crippen molar-refractivity contribution in [3.8, 4) is 0 Å². The van der Waals surface area contributed by atoms with Gasteiger partial charge in [-0.15, -0.1) is 11.8 Å². The molecule has 1 atom stereocenters. The Morgan fingerprint density at radius 3 is 2.35 bits per heavy atom. The molecule has 0 heterocycles. The molecular formula is C18H23NS. The Bertz CT molecular complexity index is 533. The molecule has 0 spiro atoms. The first-order valence-corrected chi connectivity index (χ1v) is 8.47. The molecule has 2 rings (SSSR count). The van der Waals surface area contributed by atoms with E-state index in [1.807, 2.05) is 0 Å². The maximum Gasteiger partial charge on any atom is 0.0576 e. The molecular weight excluding hydrogens is 262 g/mol. The van der Waals surface area contributed by atoms with Gasteiger partial charge in [0, 0.05) is 4.90 Å². The van der Waals surface area contributed by atoms with Gasteiger partial charge in [-0.05, 0) is 48.0 Å². The SMILES string of the molecule is CCNC(c1ccc(SC)cc1)c1cccc(CC)c1. The lowest BCUT2D eigenvalue weighted by molar-refractivity contribution is 0.629. The summed E-state index contributed by atoms with van der Waals surface area (Å²) >= 11 is 1.78. The van der Waals surface area contributed by atoms with Crippen LogP contribution in [0.25, 0.3) is 0 Å². The number of thioether (sulfide) groups is 1. The highest BCUT2D eigenvalue weighted by atomic mass is 32.2. The highest BCUT2D eigenvalue weighted by molar-refractivity contribution is 7.98. The minimum Gasteiger partial charge on any atom is -0.307 e. The van der Waals surface area contributed by atoms with Gasteiger partial charge in [-0.25, -0.2) is 0 Å². The van der Waals surface area contributed by atoms with E-state index in [0.29, 0.717) is 0 Å². The van der Waals surface area contributed by atoms with E-state index < -0.39 is 0 Å². The van der Waals surface area contributed by atoms with Crippen LogP contribution in [0.1, 0.15) is 36.6 Å². The molecule has 0 aliphatic carbocycles. The number of hydrogen-bond acceptors (Lipinski definition) is 2. The molecule has 0 amide bonds. The van der Waals surface area contributed by atoms with Crippen molar-refractivity contribution in [2.24, 2.45) is 0 Å². The van der Waals surface area contributed by atoms with Crippen molar-refractivity contribution in [1.29, 1.82) is 0 Å². The Balaban J connectivity index is 2.33. The molecule has 0 saturated heterocycles. The number of nitrogens with one attached hydrogen (secondary N) is 1. The predicted octanol–water partition coefficient (Wildman–Crippen LogP) is 4.67. The second kappa shape index (κ2) is 7.51. The van der Waals surface area contributed by atoms with Crippen LogP contribution in [0.2, 0.25) is 0 Å². The van der Waals surface area contributed by atoms with Crippen molar-refractivity contribution in [3.05, 3.63) is 65.2 Å². The van der Waals surface area contributed by atoms with E-state index in [1.165, 1.54) is 21.6 Å². The lowest BCUT2D eigenvalue weighted by Gasteiger charge is -2.20. The summed E-state index contributed by atoms with van der Waals surface area (Å²) in [7, 11) is 0. The minimum absolute atomic E-state index is 0.280. The van der Waals surface area contributed by atoms with Crippen LogP contribution in [0.5, 0.6) is 0 Å². The third kappa shape index (κ3) is 3.65. The second-order valence-electron chi connectivity index (χ2n) is 4.86. The van der Waals surface area contributed by atoms with Gasteiger partial charge < -0.3 is 5.32 Å². The van der Waals surface area contributed by atoms with Crippen LogP contribution >= 0.6 is 11.8 Å². The van der Waals surface area contributed by atoms with E-state index in [9.17, 15) is 0 Å². The highest BCUT2D eigenvalue weighted by Crippen LogP contribution is 2.25. The quantitative estimate of drug-likeness (QED) is 0.774. The van der Waals surface area contributed by atoms with E-state index in [1.54, 1.807) is 11.8 Å². The molecule has 1 unspecified atom stereocenters. The van der Waals surface area contributed by atoms with Crippen molar-refractivity contribution < 1.29 is 0 Å². The van der Waals surface area contributed by atoms with Crippen molar-refractivity contribution in [2.45, 2.75) is 31.2 Å². The normalized spacial score (nSPS) is 12.3. The topological polar surface area (TPSA) is 12.0 Å². The average Bonchev–Trinajstić information content (AvgIpc) is 2.53. The molecule has 1 nitrogen and oxygen atoms in total. The maximum absolute atomic E-state index is 3.60. The minimum atomic E-state index is 0.280. The van der Waals surface area contributed by atoms with Crippen LogP contribution in [0, 0.1) is 0 Å². The molecule has 1 N–H and O–H groups in total. The summed E-state index contributed by atoms with van der Waals surface area (Å²) in [6, 6.07) is 18.0. The van der Waals surface area contributed by atoms with E-state index in [2.05, 4.69) is 74.0 Å². The third-order valence-corrected chi connectivity index (χ3v) is 4.29. The van der Waals surface area contributed by atoms with Gasteiger partial charge in [0.05, 0.1) is 6.04 Å². The lowest BCUT2D eigenvalue weighted by Crippen LogP contribution is -2.22. The van der Waals surface area contributed by atoms with Crippen molar-refractivity contribution in [2.75, 3.05) is 12.8 Å². The van der Waals surface area contributed by atoms with Crippen molar-refractivity contribution in [3.63, 3.8) is 0 Å². The van der Waals surface area contributed by atoms with Gasteiger partial charge in [0.1, 0.15) is 0 Å². The molecule has 2 heteroatoms. The predicted molar refractivity (Wildman–Crippen MR) is 89.6 cm³/mol. The van der Waals surface area contributed by atoms with E-state index in [4.69, 9.17) is 0 Å². The molecule has 0 radical (unpaired) electrons. The number of aryl methyl sites for hydroxylation is 1. The molecule has 0 bridgehead atoms. The lowest BCUT2D eigenvalue weighted by atomic mass is 9.96. The van der Waals surface area contributed by atoms with E-state index >= 15 is 0 Å². The number of rotatable bonds is 6. The van der Waals surface area contributed by atoms with Gasteiger partial charge in [0.15, 0.2) is 0 Å². The van der Waals surface area contributed by atoms with Crippen LogP contribution in [-0.4, -0.2) is 12.8 Å². The summed E-state index contributed by atoms with van der Waals surface area (Å²) in [5.41, 5.74) is 4.08. The van der Waals surface area contributed by atoms with Crippen molar-refractivity contribution >= 4 is 11.8 Å².